The number of carbonyl (C=O) groups excluding carboxylic acids is 1. The molecule has 0 unspecified atom stereocenters. The number of aromatic nitrogens is 4. The van der Waals surface area contributed by atoms with E-state index in [-0.39, 0.29) is 5.91 Å². The number of carbonyl (C=O) groups is 1. The third kappa shape index (κ3) is 4.25. The van der Waals surface area contributed by atoms with Crippen molar-refractivity contribution in [3.63, 3.8) is 0 Å². The van der Waals surface area contributed by atoms with Crippen LogP contribution in [0.4, 0.5) is 5.69 Å². The molecule has 1 N–H and O–H groups in total. The summed E-state index contributed by atoms with van der Waals surface area (Å²) >= 11 is 1.73. The van der Waals surface area contributed by atoms with Crippen molar-refractivity contribution in [2.24, 2.45) is 0 Å². The Morgan fingerprint density at radius 3 is 2.79 bits per heavy atom. The molecule has 0 spiro atoms. The molecule has 1 amide bonds. The van der Waals surface area contributed by atoms with Crippen LogP contribution in [0.15, 0.2) is 41.8 Å². The van der Waals surface area contributed by atoms with Crippen molar-refractivity contribution in [1.29, 1.82) is 0 Å². The van der Waals surface area contributed by atoms with Crippen LogP contribution in [-0.2, 0) is 19.5 Å². The molecular formula is C26H29N5OS. The van der Waals surface area contributed by atoms with E-state index >= 15 is 0 Å². The van der Waals surface area contributed by atoms with Crippen molar-refractivity contribution < 1.29 is 4.79 Å². The van der Waals surface area contributed by atoms with E-state index in [9.17, 15) is 4.79 Å². The molecule has 1 aromatic carbocycles. The van der Waals surface area contributed by atoms with Crippen LogP contribution >= 0.6 is 11.3 Å². The number of hydrogen-bond donors (Lipinski definition) is 1. The maximum Gasteiger partial charge on any atom is 0.257 e. The summed E-state index contributed by atoms with van der Waals surface area (Å²) < 4.78 is 4.44. The van der Waals surface area contributed by atoms with Crippen molar-refractivity contribution >= 4 is 22.9 Å². The number of aryl methyl sites for hydroxylation is 3. The van der Waals surface area contributed by atoms with E-state index < -0.39 is 0 Å². The summed E-state index contributed by atoms with van der Waals surface area (Å²) in [7, 11) is 0. The average molecular weight is 460 g/mol. The number of amides is 1. The Kier molecular flexibility index (Phi) is 5.89. The number of nitrogens with one attached hydrogen (secondary N) is 1. The Morgan fingerprint density at radius 2 is 1.97 bits per heavy atom. The fourth-order valence-corrected chi connectivity index (χ4v) is 5.31. The number of benzene rings is 1. The van der Waals surface area contributed by atoms with E-state index in [0.717, 1.165) is 72.2 Å². The number of anilines is 1. The lowest BCUT2D eigenvalue weighted by molar-refractivity contribution is 0.102. The van der Waals surface area contributed by atoms with Gasteiger partial charge in [-0.05, 0) is 62.8 Å². The molecule has 7 heteroatoms. The Labute approximate surface area is 198 Å². The fourth-order valence-electron chi connectivity index (χ4n) is 4.62. The lowest BCUT2D eigenvalue weighted by Crippen LogP contribution is -2.14. The predicted molar refractivity (Wildman–Crippen MR) is 133 cm³/mol. The summed E-state index contributed by atoms with van der Waals surface area (Å²) in [6, 6.07) is 12.3. The molecule has 4 heterocycles. The van der Waals surface area contributed by atoms with E-state index in [2.05, 4.69) is 55.2 Å². The monoisotopic (exact) mass is 459 g/mol. The summed E-state index contributed by atoms with van der Waals surface area (Å²) in [5.74, 6) is 1.87. The third-order valence-corrected chi connectivity index (χ3v) is 7.43. The summed E-state index contributed by atoms with van der Waals surface area (Å²) in [6.45, 7) is 7.83. The number of hydrogen-bond acceptors (Lipinski definition) is 4. The Bertz CT molecular complexity index is 1300. The van der Waals surface area contributed by atoms with Gasteiger partial charge >= 0.3 is 0 Å². The molecule has 4 aromatic rings. The van der Waals surface area contributed by atoms with E-state index in [1.165, 1.54) is 11.3 Å². The summed E-state index contributed by atoms with van der Waals surface area (Å²) in [5.41, 5.74) is 5.60. The van der Waals surface area contributed by atoms with Gasteiger partial charge in [-0.1, -0.05) is 24.6 Å². The quantitative estimate of drug-likeness (QED) is 0.413. The van der Waals surface area contributed by atoms with E-state index in [1.54, 1.807) is 11.3 Å². The average Bonchev–Trinajstić information content (AvgIpc) is 3.48. The van der Waals surface area contributed by atoms with Gasteiger partial charge in [0.05, 0.1) is 12.1 Å². The zero-order valence-corrected chi connectivity index (χ0v) is 20.2. The van der Waals surface area contributed by atoms with Gasteiger partial charge in [-0.3, -0.25) is 4.79 Å². The summed E-state index contributed by atoms with van der Waals surface area (Å²) in [4.78, 5) is 14.6. The highest BCUT2D eigenvalue weighted by Crippen LogP contribution is 2.28. The van der Waals surface area contributed by atoms with Gasteiger partial charge in [-0.25, -0.2) is 0 Å². The highest BCUT2D eigenvalue weighted by Gasteiger charge is 2.19. The Hall–Kier alpha value is -3.19. The minimum atomic E-state index is -0.0825. The maximum absolute atomic E-state index is 13.3. The van der Waals surface area contributed by atoms with Crippen molar-refractivity contribution in [2.45, 2.75) is 59.5 Å². The second-order valence-electron chi connectivity index (χ2n) is 8.84. The van der Waals surface area contributed by atoms with Crippen LogP contribution in [0, 0.1) is 20.8 Å². The molecule has 1 aliphatic heterocycles. The van der Waals surface area contributed by atoms with E-state index in [1.807, 2.05) is 32.0 Å². The van der Waals surface area contributed by atoms with Crippen molar-refractivity contribution in [1.82, 2.24) is 19.3 Å². The summed E-state index contributed by atoms with van der Waals surface area (Å²) in [5, 5.41) is 14.2. The van der Waals surface area contributed by atoms with Gasteiger partial charge in [0.1, 0.15) is 5.82 Å². The zero-order chi connectivity index (χ0) is 22.9. The highest BCUT2D eigenvalue weighted by molar-refractivity contribution is 7.09. The third-order valence-electron chi connectivity index (χ3n) is 6.57. The molecule has 0 fully saturated rings. The topological polar surface area (TPSA) is 64.7 Å². The minimum Gasteiger partial charge on any atom is -0.343 e. The van der Waals surface area contributed by atoms with Crippen LogP contribution in [-0.4, -0.2) is 25.2 Å². The van der Waals surface area contributed by atoms with Gasteiger partial charge in [0, 0.05) is 40.5 Å². The summed E-state index contributed by atoms with van der Waals surface area (Å²) in [6.07, 6.45) is 4.51. The first-order chi connectivity index (χ1) is 16.0. The van der Waals surface area contributed by atoms with Gasteiger partial charge in [-0.2, -0.15) is 0 Å². The molecule has 0 atom stereocenters. The van der Waals surface area contributed by atoms with Gasteiger partial charge in [0.25, 0.3) is 5.91 Å². The van der Waals surface area contributed by atoms with Gasteiger partial charge in [0.15, 0.2) is 5.82 Å². The van der Waals surface area contributed by atoms with Crippen LogP contribution < -0.4 is 5.32 Å². The molecule has 1 aliphatic rings. The van der Waals surface area contributed by atoms with Crippen LogP contribution in [0.1, 0.15) is 57.3 Å². The van der Waals surface area contributed by atoms with Crippen molar-refractivity contribution in [3.8, 4) is 11.4 Å². The van der Waals surface area contributed by atoms with Crippen LogP contribution in [0.3, 0.4) is 0 Å². The standard InChI is InChI=1S/C26H29N5OS/c1-17-10-11-20(25-29-28-24-9-5-4-6-12-30(24)25)15-23(17)27-26(32)22-14-18(2)31(19(22)3)16-21-8-7-13-33-21/h7-8,10-11,13-15H,4-6,9,12,16H2,1-3H3,(H,27,32). The second-order valence-corrected chi connectivity index (χ2v) is 9.87. The largest absolute Gasteiger partial charge is 0.343 e. The molecule has 0 radical (unpaired) electrons. The Balaban J connectivity index is 1.41. The van der Waals surface area contributed by atoms with E-state index in [4.69, 9.17) is 0 Å². The number of rotatable bonds is 5. The first kappa shape index (κ1) is 21.6. The van der Waals surface area contributed by atoms with Crippen LogP contribution in [0.5, 0.6) is 0 Å². The highest BCUT2D eigenvalue weighted by atomic mass is 32.1. The van der Waals surface area contributed by atoms with Gasteiger partial charge < -0.3 is 14.5 Å². The Morgan fingerprint density at radius 1 is 1.09 bits per heavy atom. The van der Waals surface area contributed by atoms with E-state index in [0.29, 0.717) is 5.56 Å². The molecule has 3 aromatic heterocycles. The molecular weight excluding hydrogens is 430 g/mol. The van der Waals surface area contributed by atoms with Crippen molar-refractivity contribution in [2.75, 3.05) is 5.32 Å². The SMILES string of the molecule is Cc1ccc(-c2nnc3n2CCCCC3)cc1NC(=O)c1cc(C)n(Cc2cccs2)c1C. The normalized spacial score (nSPS) is 13.5. The minimum absolute atomic E-state index is 0.0825. The molecule has 33 heavy (non-hydrogen) atoms. The zero-order valence-electron chi connectivity index (χ0n) is 19.4. The first-order valence-electron chi connectivity index (χ1n) is 11.5. The van der Waals surface area contributed by atoms with Gasteiger partial charge in [0.2, 0.25) is 0 Å². The van der Waals surface area contributed by atoms with Gasteiger partial charge in [-0.15, -0.1) is 21.5 Å². The number of nitrogens with zero attached hydrogens (tertiary/aromatic N) is 4. The molecule has 5 rings (SSSR count). The molecule has 0 aliphatic carbocycles. The maximum atomic E-state index is 13.3. The molecule has 170 valence electrons. The molecule has 0 saturated heterocycles. The predicted octanol–water partition coefficient (Wildman–Crippen LogP) is 5.76. The van der Waals surface area contributed by atoms with Crippen molar-refractivity contribution in [3.05, 3.63) is 75.0 Å². The number of thiophene rings is 1. The number of fused-ring (bicyclic) bond motifs is 1. The lowest BCUT2D eigenvalue weighted by Gasteiger charge is -2.12. The smallest absolute Gasteiger partial charge is 0.257 e. The molecule has 6 nitrogen and oxygen atoms in total. The molecule has 0 saturated carbocycles. The molecule has 0 bridgehead atoms. The first-order valence-corrected chi connectivity index (χ1v) is 12.4. The fraction of sp³-hybridized carbons (Fsp3) is 0.346. The lowest BCUT2D eigenvalue weighted by atomic mass is 10.1. The second kappa shape index (κ2) is 8.98. The van der Waals surface area contributed by atoms with Crippen LogP contribution in [0.25, 0.3) is 11.4 Å². The van der Waals surface area contributed by atoms with Crippen LogP contribution in [0.2, 0.25) is 0 Å².